The van der Waals surface area contributed by atoms with Crippen molar-refractivity contribution < 1.29 is 23.2 Å². The van der Waals surface area contributed by atoms with E-state index in [1.807, 2.05) is 27.7 Å². The van der Waals surface area contributed by atoms with Crippen molar-refractivity contribution in [3.8, 4) is 0 Å². The minimum absolute atomic E-state index is 0.355. The first-order chi connectivity index (χ1) is 12.0. The summed E-state index contributed by atoms with van der Waals surface area (Å²) in [6.45, 7) is 16.6. The number of benzene rings is 1. The van der Waals surface area contributed by atoms with E-state index in [1.165, 1.54) is 6.07 Å². The van der Waals surface area contributed by atoms with Gasteiger partial charge in [0, 0.05) is 5.56 Å². The molecule has 0 bridgehead atoms. The number of hydrogen-bond acceptors (Lipinski definition) is 4. The Morgan fingerprint density at radius 2 is 1.59 bits per heavy atom. The molecule has 0 saturated carbocycles. The van der Waals surface area contributed by atoms with Crippen LogP contribution in [0.4, 0.5) is 9.18 Å². The molecule has 1 amide bonds. The maximum Gasteiger partial charge on any atom is 0.494 e. The maximum absolute atomic E-state index is 14.9. The highest BCUT2D eigenvalue weighted by Gasteiger charge is 2.51. The third kappa shape index (κ3) is 4.82. The van der Waals surface area contributed by atoms with E-state index in [1.54, 1.807) is 46.8 Å². The summed E-state index contributed by atoms with van der Waals surface area (Å²) in [6.07, 6.45) is -0.595. The molecule has 1 N–H and O–H groups in total. The molecule has 0 aromatic heterocycles. The molecule has 1 fully saturated rings. The van der Waals surface area contributed by atoms with Crippen LogP contribution in [0.2, 0.25) is 0 Å². The summed E-state index contributed by atoms with van der Waals surface area (Å²) in [5.41, 5.74) is -1.61. The number of carbonyl (C=O) groups is 1. The number of amides is 1. The third-order valence-corrected chi connectivity index (χ3v) is 5.01. The molecule has 27 heavy (non-hydrogen) atoms. The molecule has 1 aromatic carbocycles. The first-order valence-corrected chi connectivity index (χ1v) is 9.21. The standard InChI is InChI=1S/C20H31BFNO4/c1-17(2,3)25-16(24)23-18(4,5)14-11-10-13(12-15(14)22)21-26-19(6,7)20(8,9)27-21/h10-12H,1-9H3,(H,23,24). The second-order valence-corrected chi connectivity index (χ2v) is 9.58. The molecule has 0 spiro atoms. The van der Waals surface area contributed by atoms with E-state index >= 15 is 0 Å². The van der Waals surface area contributed by atoms with Crippen LogP contribution in [0, 0.1) is 5.82 Å². The SMILES string of the molecule is CC(C)(C)OC(=O)NC(C)(C)c1ccc(B2OC(C)(C)C(C)(C)O2)cc1F. The average molecular weight is 379 g/mol. The van der Waals surface area contributed by atoms with Gasteiger partial charge in [-0.15, -0.1) is 0 Å². The highest BCUT2D eigenvalue weighted by Crippen LogP contribution is 2.36. The van der Waals surface area contributed by atoms with Crippen LogP contribution in [-0.4, -0.2) is 30.0 Å². The van der Waals surface area contributed by atoms with Crippen LogP contribution >= 0.6 is 0 Å². The molecule has 5 nitrogen and oxygen atoms in total. The fraction of sp³-hybridized carbons (Fsp3) is 0.650. The zero-order valence-electron chi connectivity index (χ0n) is 17.8. The van der Waals surface area contributed by atoms with Gasteiger partial charge >= 0.3 is 13.2 Å². The largest absolute Gasteiger partial charge is 0.494 e. The van der Waals surface area contributed by atoms with Crippen LogP contribution in [0.15, 0.2) is 18.2 Å². The van der Waals surface area contributed by atoms with Gasteiger partial charge in [0.1, 0.15) is 11.4 Å². The lowest BCUT2D eigenvalue weighted by atomic mass is 9.77. The number of nitrogens with one attached hydrogen (secondary N) is 1. The Labute approximate surface area is 162 Å². The smallest absolute Gasteiger partial charge is 0.444 e. The Morgan fingerprint density at radius 3 is 2.04 bits per heavy atom. The average Bonchev–Trinajstić information content (AvgIpc) is 2.64. The molecule has 1 aromatic rings. The normalized spacial score (nSPS) is 19.1. The van der Waals surface area contributed by atoms with Crippen LogP contribution in [0.3, 0.4) is 0 Å². The molecule has 1 heterocycles. The van der Waals surface area contributed by atoms with Gasteiger partial charge in [0.05, 0.1) is 16.7 Å². The van der Waals surface area contributed by atoms with Crippen molar-refractivity contribution >= 4 is 18.7 Å². The van der Waals surface area contributed by atoms with Crippen LogP contribution in [-0.2, 0) is 19.6 Å². The molecular weight excluding hydrogens is 348 g/mol. The molecule has 1 aliphatic heterocycles. The van der Waals surface area contributed by atoms with Crippen molar-refractivity contribution in [2.75, 3.05) is 0 Å². The molecule has 0 atom stereocenters. The third-order valence-electron chi connectivity index (χ3n) is 5.01. The number of hydrogen-bond donors (Lipinski definition) is 1. The van der Waals surface area contributed by atoms with Crippen LogP contribution in [0.25, 0.3) is 0 Å². The summed E-state index contributed by atoms with van der Waals surface area (Å²) in [4.78, 5) is 12.1. The van der Waals surface area contributed by atoms with Gasteiger partial charge in [-0.3, -0.25) is 0 Å². The Morgan fingerprint density at radius 1 is 1.07 bits per heavy atom. The summed E-state index contributed by atoms with van der Waals surface area (Å²) in [6, 6.07) is 4.81. The van der Waals surface area contributed by atoms with Crippen molar-refractivity contribution in [3.63, 3.8) is 0 Å². The van der Waals surface area contributed by atoms with Gasteiger partial charge < -0.3 is 19.4 Å². The Balaban J connectivity index is 2.20. The summed E-state index contributed by atoms with van der Waals surface area (Å²) < 4.78 is 32.1. The lowest BCUT2D eigenvalue weighted by Crippen LogP contribution is -2.44. The molecular formula is C20H31BFNO4. The fourth-order valence-corrected chi connectivity index (χ4v) is 2.79. The van der Waals surface area contributed by atoms with E-state index in [0.717, 1.165) is 0 Å². The first-order valence-electron chi connectivity index (χ1n) is 9.21. The predicted octanol–water partition coefficient (Wildman–Crippen LogP) is 3.88. The molecule has 150 valence electrons. The summed E-state index contributed by atoms with van der Waals surface area (Å²) in [5.74, 6) is -0.441. The number of halogens is 1. The first kappa shape index (κ1) is 21.7. The molecule has 0 aliphatic carbocycles. The molecule has 1 saturated heterocycles. The highest BCUT2D eigenvalue weighted by atomic mass is 19.1. The van der Waals surface area contributed by atoms with Gasteiger partial charge in [-0.1, -0.05) is 12.1 Å². The summed E-state index contributed by atoms with van der Waals surface area (Å²) >= 11 is 0. The maximum atomic E-state index is 14.9. The Hall–Kier alpha value is -1.60. The minimum atomic E-state index is -0.944. The van der Waals surface area contributed by atoms with E-state index in [4.69, 9.17) is 14.0 Å². The van der Waals surface area contributed by atoms with Crippen molar-refractivity contribution in [2.24, 2.45) is 0 Å². The van der Waals surface area contributed by atoms with Crippen molar-refractivity contribution in [2.45, 2.75) is 84.7 Å². The van der Waals surface area contributed by atoms with E-state index in [0.29, 0.717) is 11.0 Å². The molecule has 0 unspecified atom stereocenters. The number of alkyl carbamates (subject to hydrolysis) is 1. The van der Waals surface area contributed by atoms with Gasteiger partial charge in [0.2, 0.25) is 0 Å². The van der Waals surface area contributed by atoms with Crippen LogP contribution < -0.4 is 10.8 Å². The fourth-order valence-electron chi connectivity index (χ4n) is 2.79. The van der Waals surface area contributed by atoms with Crippen molar-refractivity contribution in [1.82, 2.24) is 5.32 Å². The summed E-state index contributed by atoms with van der Waals surface area (Å²) in [7, 11) is -0.638. The van der Waals surface area contributed by atoms with Crippen molar-refractivity contribution in [3.05, 3.63) is 29.6 Å². The lowest BCUT2D eigenvalue weighted by molar-refractivity contribution is 0.00578. The second kappa shape index (κ2) is 6.78. The number of ether oxygens (including phenoxy) is 1. The second-order valence-electron chi connectivity index (χ2n) is 9.58. The quantitative estimate of drug-likeness (QED) is 0.810. The van der Waals surface area contributed by atoms with Gasteiger partial charge in [-0.2, -0.15) is 0 Å². The Kier molecular flexibility index (Phi) is 5.45. The number of rotatable bonds is 3. The van der Waals surface area contributed by atoms with Gasteiger partial charge in [0.25, 0.3) is 0 Å². The van der Waals surface area contributed by atoms with Crippen LogP contribution in [0.5, 0.6) is 0 Å². The molecule has 0 radical (unpaired) electrons. The van der Waals surface area contributed by atoms with Crippen molar-refractivity contribution in [1.29, 1.82) is 0 Å². The predicted molar refractivity (Wildman–Crippen MR) is 105 cm³/mol. The summed E-state index contributed by atoms with van der Waals surface area (Å²) in [5, 5.41) is 2.72. The van der Waals surface area contributed by atoms with E-state index in [2.05, 4.69) is 5.32 Å². The zero-order chi connectivity index (χ0) is 20.8. The minimum Gasteiger partial charge on any atom is -0.444 e. The van der Waals surface area contributed by atoms with E-state index in [9.17, 15) is 9.18 Å². The van der Waals surface area contributed by atoms with Gasteiger partial charge in [-0.05, 0) is 73.8 Å². The van der Waals surface area contributed by atoms with Crippen LogP contribution in [0.1, 0.15) is 67.9 Å². The zero-order valence-corrected chi connectivity index (χ0v) is 17.8. The molecule has 7 heteroatoms. The lowest BCUT2D eigenvalue weighted by Gasteiger charge is -2.32. The van der Waals surface area contributed by atoms with E-state index in [-0.39, 0.29) is 0 Å². The Bertz CT molecular complexity index is 709. The molecule has 2 rings (SSSR count). The monoisotopic (exact) mass is 379 g/mol. The van der Waals surface area contributed by atoms with E-state index < -0.39 is 41.4 Å². The topological polar surface area (TPSA) is 56.8 Å². The highest BCUT2D eigenvalue weighted by molar-refractivity contribution is 6.62. The van der Waals surface area contributed by atoms with Gasteiger partial charge in [-0.25, -0.2) is 9.18 Å². The van der Waals surface area contributed by atoms with Gasteiger partial charge in [0.15, 0.2) is 0 Å². The molecule has 1 aliphatic rings. The number of carbonyl (C=O) groups excluding carboxylic acids is 1.